The van der Waals surface area contributed by atoms with Crippen molar-refractivity contribution in [2.24, 2.45) is 0 Å². The van der Waals surface area contributed by atoms with Crippen molar-refractivity contribution in [1.29, 1.82) is 0 Å². The van der Waals surface area contributed by atoms with Crippen LogP contribution < -0.4 is 15.5 Å². The Morgan fingerprint density at radius 3 is 2.81 bits per heavy atom. The van der Waals surface area contributed by atoms with Gasteiger partial charge in [-0.25, -0.2) is 14.4 Å². The smallest absolute Gasteiger partial charge is 0.207 e. The van der Waals surface area contributed by atoms with Gasteiger partial charge in [0.15, 0.2) is 0 Å². The summed E-state index contributed by atoms with van der Waals surface area (Å²) < 4.78 is 15.1. The molecule has 0 atom stereocenters. The van der Waals surface area contributed by atoms with Crippen LogP contribution in [0.5, 0.6) is 0 Å². The number of rotatable bonds is 5. The number of fused-ring (bicyclic) bond motifs is 2. The van der Waals surface area contributed by atoms with Gasteiger partial charge in [-0.1, -0.05) is 18.2 Å². The van der Waals surface area contributed by atoms with Crippen LogP contribution >= 0.6 is 11.3 Å². The highest BCUT2D eigenvalue weighted by Crippen LogP contribution is 2.29. The SMILES string of the molecule is Cc1ccc(-c2cc3c(N4CCNCC4)ncnc3[nH]2)cc1F.O=CNCc1ccc2sccc2c1.[HH].[HH].[HH]. The van der Waals surface area contributed by atoms with Crippen molar-refractivity contribution in [2.45, 2.75) is 13.5 Å². The topological polar surface area (TPSA) is 85.9 Å². The Labute approximate surface area is 216 Å². The lowest BCUT2D eigenvalue weighted by atomic mass is 10.1. The molecule has 0 saturated carbocycles. The molecule has 1 aliphatic heterocycles. The number of aromatic nitrogens is 3. The summed E-state index contributed by atoms with van der Waals surface area (Å²) in [4.78, 5) is 24.4. The molecule has 1 saturated heterocycles. The van der Waals surface area contributed by atoms with Crippen LogP contribution in [0.2, 0.25) is 0 Å². The van der Waals surface area contributed by atoms with Crippen LogP contribution in [-0.4, -0.2) is 47.5 Å². The molecule has 190 valence electrons. The number of hydrogen-bond acceptors (Lipinski definition) is 6. The van der Waals surface area contributed by atoms with Crippen LogP contribution in [0.4, 0.5) is 10.2 Å². The van der Waals surface area contributed by atoms with Crippen molar-refractivity contribution in [3.8, 4) is 11.3 Å². The third-order valence-corrected chi connectivity index (χ3v) is 7.11. The molecule has 5 aromatic rings. The molecule has 3 aromatic heterocycles. The summed E-state index contributed by atoms with van der Waals surface area (Å²) in [6, 6.07) is 15.6. The predicted octanol–water partition coefficient (Wildman–Crippen LogP) is 5.37. The summed E-state index contributed by atoms with van der Waals surface area (Å²) in [7, 11) is 0. The van der Waals surface area contributed by atoms with Gasteiger partial charge in [0.25, 0.3) is 0 Å². The first-order valence-corrected chi connectivity index (χ1v) is 12.7. The van der Waals surface area contributed by atoms with Gasteiger partial charge < -0.3 is 20.5 Å². The second-order valence-electron chi connectivity index (χ2n) is 8.64. The van der Waals surface area contributed by atoms with Crippen LogP contribution in [0, 0.1) is 12.7 Å². The number of anilines is 1. The molecule has 3 N–H and O–H groups in total. The number of halogens is 1. The van der Waals surface area contributed by atoms with Crippen LogP contribution in [0.1, 0.15) is 15.4 Å². The normalized spacial score (nSPS) is 13.4. The van der Waals surface area contributed by atoms with Crippen LogP contribution in [-0.2, 0) is 11.3 Å². The van der Waals surface area contributed by atoms with Crippen molar-refractivity contribution in [1.82, 2.24) is 25.6 Å². The predicted molar refractivity (Wildman–Crippen MR) is 150 cm³/mol. The monoisotopic (exact) mass is 508 g/mol. The summed E-state index contributed by atoms with van der Waals surface area (Å²) in [6.07, 6.45) is 2.30. The number of carbonyl (C=O) groups excluding carboxylic acids is 1. The third-order valence-electron chi connectivity index (χ3n) is 6.21. The third kappa shape index (κ3) is 5.22. The largest absolute Gasteiger partial charge is 0.355 e. The van der Waals surface area contributed by atoms with E-state index in [1.165, 1.54) is 10.1 Å². The van der Waals surface area contributed by atoms with E-state index in [1.807, 2.05) is 18.2 Å². The molecule has 2 aromatic carbocycles. The van der Waals surface area contributed by atoms with Gasteiger partial charge in [-0.3, -0.25) is 4.79 Å². The van der Waals surface area contributed by atoms with Gasteiger partial charge in [0.1, 0.15) is 23.6 Å². The minimum atomic E-state index is -0.199. The highest BCUT2D eigenvalue weighted by atomic mass is 32.1. The Hall–Kier alpha value is -3.82. The Balaban J connectivity index is 0.000000288. The first-order valence-electron chi connectivity index (χ1n) is 11.8. The number of benzene rings is 2. The second kappa shape index (κ2) is 10.8. The zero-order valence-corrected chi connectivity index (χ0v) is 20.7. The van der Waals surface area contributed by atoms with E-state index in [9.17, 15) is 9.18 Å². The average molecular weight is 509 g/mol. The zero-order chi connectivity index (χ0) is 24.9. The zero-order valence-electron chi connectivity index (χ0n) is 19.9. The van der Waals surface area contributed by atoms with Gasteiger partial charge in [-0.15, -0.1) is 11.3 Å². The maximum absolute atomic E-state index is 13.8. The number of amides is 1. The van der Waals surface area contributed by atoms with Gasteiger partial charge in [0.05, 0.1) is 5.39 Å². The first kappa shape index (κ1) is 23.9. The van der Waals surface area contributed by atoms with Crippen LogP contribution in [0.15, 0.2) is 60.2 Å². The molecular weight excluding hydrogens is 475 g/mol. The van der Waals surface area contributed by atoms with Crippen molar-refractivity contribution in [3.63, 3.8) is 0 Å². The average Bonchev–Trinajstić information content (AvgIpc) is 3.56. The number of nitrogens with one attached hydrogen (secondary N) is 3. The van der Waals surface area contributed by atoms with Gasteiger partial charge >= 0.3 is 0 Å². The lowest BCUT2D eigenvalue weighted by Gasteiger charge is -2.28. The van der Waals surface area contributed by atoms with E-state index in [2.05, 4.69) is 54.1 Å². The van der Waals surface area contributed by atoms with E-state index in [4.69, 9.17) is 0 Å². The fourth-order valence-electron chi connectivity index (χ4n) is 4.26. The van der Waals surface area contributed by atoms with E-state index in [0.29, 0.717) is 12.1 Å². The molecule has 6 rings (SSSR count). The molecule has 0 spiro atoms. The Morgan fingerprint density at radius 2 is 2.00 bits per heavy atom. The maximum atomic E-state index is 13.8. The molecule has 36 heavy (non-hydrogen) atoms. The fraction of sp³-hybridized carbons (Fsp3) is 0.222. The van der Waals surface area contributed by atoms with E-state index in [0.717, 1.165) is 66.3 Å². The minimum Gasteiger partial charge on any atom is -0.355 e. The van der Waals surface area contributed by atoms with Crippen molar-refractivity contribution >= 4 is 44.7 Å². The molecular formula is C27H33FN6OS. The molecule has 1 amide bonds. The van der Waals surface area contributed by atoms with Gasteiger partial charge in [0, 0.05) is 53.0 Å². The molecule has 0 aliphatic carbocycles. The standard InChI is InChI=1S/C17H18FN5.C10H9NOS.3H2/c1-11-2-3-12(8-14(11)18)15-9-13-16(22-15)20-10-21-17(13)23-6-4-19-5-7-23;12-7-11-6-8-1-2-10-9(5-8)3-4-13-10;;;/h2-3,8-10,19H,4-7H2,1H3,(H,20,21,22);1-5,7H,6H2,(H,11,12);3*1H. The van der Waals surface area contributed by atoms with E-state index >= 15 is 0 Å². The number of nitrogens with zero attached hydrogens (tertiary/aromatic N) is 3. The lowest BCUT2D eigenvalue weighted by Crippen LogP contribution is -2.43. The number of thiophene rings is 1. The molecule has 0 bridgehead atoms. The number of carbonyl (C=O) groups is 1. The molecule has 4 heterocycles. The number of aromatic amines is 1. The van der Waals surface area contributed by atoms with Crippen molar-refractivity contribution in [2.75, 3.05) is 31.1 Å². The molecule has 0 unspecified atom stereocenters. The van der Waals surface area contributed by atoms with Crippen molar-refractivity contribution < 1.29 is 13.5 Å². The highest BCUT2D eigenvalue weighted by molar-refractivity contribution is 7.17. The lowest BCUT2D eigenvalue weighted by molar-refractivity contribution is -0.109. The number of hydrogen-bond donors (Lipinski definition) is 3. The minimum absolute atomic E-state index is 0. The molecule has 1 fully saturated rings. The summed E-state index contributed by atoms with van der Waals surface area (Å²) >= 11 is 1.73. The summed E-state index contributed by atoms with van der Waals surface area (Å²) in [5, 5.41) is 10.3. The molecule has 1 aliphatic rings. The highest BCUT2D eigenvalue weighted by Gasteiger charge is 2.17. The number of piperazine rings is 1. The Morgan fingerprint density at radius 1 is 1.14 bits per heavy atom. The molecule has 7 nitrogen and oxygen atoms in total. The summed E-state index contributed by atoms with van der Waals surface area (Å²) in [5.41, 5.74) is 4.24. The quantitative estimate of drug-likeness (QED) is 0.278. The van der Waals surface area contributed by atoms with E-state index in [1.54, 1.807) is 36.7 Å². The summed E-state index contributed by atoms with van der Waals surface area (Å²) in [6.45, 7) is 6.11. The van der Waals surface area contributed by atoms with Crippen molar-refractivity contribution in [3.05, 3.63) is 77.2 Å². The molecule has 0 radical (unpaired) electrons. The van der Waals surface area contributed by atoms with Gasteiger partial charge in [-0.2, -0.15) is 0 Å². The number of H-pyrrole nitrogens is 1. The van der Waals surface area contributed by atoms with E-state index < -0.39 is 0 Å². The van der Waals surface area contributed by atoms with Crippen LogP contribution in [0.3, 0.4) is 0 Å². The number of aryl methyl sites for hydroxylation is 1. The van der Waals surface area contributed by atoms with E-state index in [-0.39, 0.29) is 10.1 Å². The first-order chi connectivity index (χ1) is 17.6. The summed E-state index contributed by atoms with van der Waals surface area (Å²) in [5.74, 6) is 0.737. The Kier molecular flexibility index (Phi) is 7.20. The fourth-order valence-corrected chi connectivity index (χ4v) is 5.03. The molecule has 9 heteroatoms. The van der Waals surface area contributed by atoms with Gasteiger partial charge in [0.2, 0.25) is 6.41 Å². The van der Waals surface area contributed by atoms with Crippen LogP contribution in [0.25, 0.3) is 32.4 Å². The van der Waals surface area contributed by atoms with Gasteiger partial charge in [-0.05, 0) is 59.1 Å². The second-order valence-corrected chi connectivity index (χ2v) is 9.58. The maximum Gasteiger partial charge on any atom is 0.207 e. The Bertz CT molecular complexity index is 1510.